The third-order valence-electron chi connectivity index (χ3n) is 2.53. The molecule has 0 aromatic heterocycles. The highest BCUT2D eigenvalue weighted by atomic mass is 128. The third-order valence-corrected chi connectivity index (χ3v) is 3.98. The molecule has 14 heavy (non-hydrogen) atoms. The van der Waals surface area contributed by atoms with E-state index in [4.69, 9.17) is 5.73 Å². The zero-order chi connectivity index (χ0) is 10.9. The maximum absolute atomic E-state index is 11.3. The first kappa shape index (κ1) is 13.0. The molecule has 0 aromatic rings. The fourth-order valence-electron chi connectivity index (χ4n) is 1.54. The second-order valence-electron chi connectivity index (χ2n) is 3.30. The fraction of sp³-hybridized carbons (Fsp3) is 0.625. The molecule has 0 radical (unpaired) electrons. The number of hydrogen-bond acceptors (Lipinski definition) is 3. The van der Waals surface area contributed by atoms with Crippen LogP contribution < -0.4 is 5.73 Å². The van der Waals surface area contributed by atoms with Crippen LogP contribution in [0.1, 0.15) is 13.8 Å². The molecule has 1 fully saturated rings. The van der Waals surface area contributed by atoms with Gasteiger partial charge in [-0.2, -0.15) is 0 Å². The number of allylic oxidation sites excluding steroid dienone is 1. The van der Waals surface area contributed by atoms with Crippen molar-refractivity contribution in [2.45, 2.75) is 25.3 Å². The Labute approximate surface area is 112 Å². The molecule has 0 spiro atoms. The van der Waals surface area contributed by atoms with Crippen molar-refractivity contribution >= 4 is 54.9 Å². The number of carbonyl (C=O) groups excluding carboxylic acids is 1. The number of fused-ring (bicyclic) bond motifs is 1. The molecular weight excluding hydrogens is 426 g/mol. The van der Waals surface area contributed by atoms with Crippen molar-refractivity contribution in [3.63, 3.8) is 0 Å². The van der Waals surface area contributed by atoms with Crippen LogP contribution in [-0.4, -0.2) is 28.0 Å². The van der Waals surface area contributed by atoms with Gasteiger partial charge in [0, 0.05) is 48.7 Å². The Bertz CT molecular complexity index is 283. The van der Waals surface area contributed by atoms with Crippen LogP contribution >= 0.6 is 49.0 Å². The van der Waals surface area contributed by atoms with Crippen molar-refractivity contribution in [3.05, 3.63) is 11.3 Å². The smallest absolute Gasteiger partial charge is 0.247 e. The van der Waals surface area contributed by atoms with Gasteiger partial charge in [-0.3, -0.25) is 4.79 Å². The zero-order valence-corrected chi connectivity index (χ0v) is 13.1. The molecule has 0 aromatic carbocycles. The van der Waals surface area contributed by atoms with Crippen LogP contribution in [0.25, 0.3) is 0 Å². The molecule has 1 amide bonds. The first-order valence-corrected chi connectivity index (χ1v) is 11.5. The monoisotopic (exact) mass is 438 g/mol. The van der Waals surface area contributed by atoms with Gasteiger partial charge in [-0.25, -0.2) is 0 Å². The Hall–Kier alpha value is 0.980. The van der Waals surface area contributed by atoms with Crippen molar-refractivity contribution in [1.82, 2.24) is 4.90 Å². The molecule has 2 rings (SSSR count). The summed E-state index contributed by atoms with van der Waals surface area (Å²) in [6.45, 7) is 4.06. The van der Waals surface area contributed by atoms with E-state index >= 15 is 0 Å². The Morgan fingerprint density at radius 1 is 1.50 bits per heavy atom. The molecule has 0 bridgehead atoms. The van der Waals surface area contributed by atoms with E-state index in [0.717, 1.165) is 11.4 Å². The van der Waals surface area contributed by atoms with Crippen LogP contribution in [0.3, 0.4) is 0 Å². The lowest BCUT2D eigenvalue weighted by Gasteiger charge is -2.48. The number of β-lactam (4-membered cyclic amide) rings is 1. The zero-order valence-electron chi connectivity index (χ0n) is 7.96. The highest BCUT2D eigenvalue weighted by Crippen LogP contribution is 2.38. The molecule has 0 saturated carbocycles. The summed E-state index contributed by atoms with van der Waals surface area (Å²) in [5.74, 6) is 1.08. The summed E-state index contributed by atoms with van der Waals surface area (Å²) in [7, 11) is 0. The maximum Gasteiger partial charge on any atom is 0.247 e. The summed E-state index contributed by atoms with van der Waals surface area (Å²) in [6.07, 6.45) is 0. The van der Waals surface area contributed by atoms with E-state index in [0.29, 0.717) is 0 Å². The van der Waals surface area contributed by atoms with Gasteiger partial charge in [0.25, 0.3) is 0 Å². The molecule has 6 heteroatoms. The van der Waals surface area contributed by atoms with Gasteiger partial charge in [-0.05, 0) is 19.4 Å². The van der Waals surface area contributed by atoms with Gasteiger partial charge >= 0.3 is 0 Å². The van der Waals surface area contributed by atoms with Crippen molar-refractivity contribution in [2.75, 3.05) is 5.75 Å². The van der Waals surface area contributed by atoms with E-state index in [1.54, 1.807) is 11.8 Å². The van der Waals surface area contributed by atoms with Crippen LogP contribution in [-0.2, 0) is 4.79 Å². The second-order valence-corrected chi connectivity index (χ2v) is 4.41. The lowest BCUT2D eigenvalue weighted by molar-refractivity contribution is -0.141. The SMILES string of the molecule is CC1=C(C)N2C(=O)[C@@H](N)[C@@H]2SC1.II. The highest BCUT2D eigenvalue weighted by molar-refractivity contribution is 15.0. The number of halogens is 2. The lowest BCUT2D eigenvalue weighted by atomic mass is 10.1. The minimum Gasteiger partial charge on any atom is -0.317 e. The molecule has 0 aliphatic carbocycles. The molecule has 2 aliphatic heterocycles. The lowest BCUT2D eigenvalue weighted by Crippen LogP contribution is -2.67. The van der Waals surface area contributed by atoms with Gasteiger partial charge in [0.1, 0.15) is 11.4 Å². The number of rotatable bonds is 0. The molecule has 0 unspecified atom stereocenters. The summed E-state index contributed by atoms with van der Waals surface area (Å²) in [5, 5.41) is 0.209. The van der Waals surface area contributed by atoms with Crippen molar-refractivity contribution in [1.29, 1.82) is 0 Å². The van der Waals surface area contributed by atoms with E-state index in [9.17, 15) is 4.79 Å². The first-order chi connectivity index (χ1) is 6.63. The number of thioether (sulfide) groups is 1. The molecule has 2 atom stereocenters. The summed E-state index contributed by atoms with van der Waals surface area (Å²) >= 11 is 6.00. The Morgan fingerprint density at radius 2 is 2.07 bits per heavy atom. The van der Waals surface area contributed by atoms with Gasteiger partial charge in [0.2, 0.25) is 5.91 Å². The maximum atomic E-state index is 11.3. The van der Waals surface area contributed by atoms with Crippen LogP contribution in [0.4, 0.5) is 0 Å². The predicted octanol–water partition coefficient (Wildman–Crippen LogP) is 2.29. The molecule has 2 heterocycles. The van der Waals surface area contributed by atoms with Gasteiger partial charge in [0.05, 0.1) is 0 Å². The summed E-state index contributed by atoms with van der Waals surface area (Å²) in [6, 6.07) is -0.266. The number of amides is 1. The first-order valence-electron chi connectivity index (χ1n) is 4.14. The van der Waals surface area contributed by atoms with Gasteiger partial charge in [-0.1, -0.05) is 0 Å². The third kappa shape index (κ3) is 2.07. The van der Waals surface area contributed by atoms with Crippen molar-refractivity contribution in [3.8, 4) is 0 Å². The fourth-order valence-corrected chi connectivity index (χ4v) is 2.91. The quantitative estimate of drug-likeness (QED) is 0.467. The Kier molecular flexibility index (Phi) is 4.99. The summed E-state index contributed by atoms with van der Waals surface area (Å²) < 4.78 is 0. The molecule has 80 valence electrons. The summed E-state index contributed by atoms with van der Waals surface area (Å²) in [5.41, 5.74) is 8.04. The number of hydrogen-bond donors (Lipinski definition) is 1. The molecule has 1 saturated heterocycles. The van der Waals surface area contributed by atoms with E-state index in [-0.39, 0.29) is 17.3 Å². The average molecular weight is 438 g/mol. The van der Waals surface area contributed by atoms with Crippen LogP contribution in [0.15, 0.2) is 11.3 Å². The number of nitrogens with zero attached hydrogens (tertiary/aromatic N) is 1. The van der Waals surface area contributed by atoms with E-state index in [2.05, 4.69) is 44.2 Å². The Morgan fingerprint density at radius 3 is 2.64 bits per heavy atom. The normalized spacial score (nSPS) is 30.4. The average Bonchev–Trinajstić information content (AvgIpc) is 2.23. The number of carbonyl (C=O) groups is 1. The molecular formula is C8H12I2N2OS. The Balaban J connectivity index is 0.000000461. The van der Waals surface area contributed by atoms with E-state index in [1.807, 2.05) is 11.8 Å². The van der Waals surface area contributed by atoms with E-state index < -0.39 is 0 Å². The predicted molar refractivity (Wildman–Crippen MR) is 77.5 cm³/mol. The largest absolute Gasteiger partial charge is 0.317 e. The second kappa shape index (κ2) is 5.35. The van der Waals surface area contributed by atoms with Crippen molar-refractivity contribution in [2.24, 2.45) is 5.73 Å². The number of nitrogens with two attached hydrogens (primary N) is 1. The van der Waals surface area contributed by atoms with E-state index in [1.165, 1.54) is 5.57 Å². The highest BCUT2D eigenvalue weighted by Gasteiger charge is 2.48. The summed E-state index contributed by atoms with van der Waals surface area (Å²) in [4.78, 5) is 13.1. The van der Waals surface area contributed by atoms with Gasteiger partial charge < -0.3 is 10.6 Å². The standard InChI is InChI=1S/C8H12N2OS.I2/c1-4-3-12-8-6(9)7(11)10(8)5(4)2;1-2/h6,8H,3,9H2,1-2H3;/t6-,8+;/m1./s1. The van der Waals surface area contributed by atoms with Gasteiger partial charge in [-0.15, -0.1) is 11.8 Å². The minimum absolute atomic E-state index is 0.0732. The van der Waals surface area contributed by atoms with Crippen LogP contribution in [0.5, 0.6) is 0 Å². The van der Waals surface area contributed by atoms with Gasteiger partial charge in [0.15, 0.2) is 0 Å². The topological polar surface area (TPSA) is 46.3 Å². The van der Waals surface area contributed by atoms with Crippen molar-refractivity contribution < 1.29 is 4.79 Å². The molecule has 3 nitrogen and oxygen atoms in total. The van der Waals surface area contributed by atoms with Crippen LogP contribution in [0.2, 0.25) is 0 Å². The van der Waals surface area contributed by atoms with Crippen LogP contribution in [0, 0.1) is 0 Å². The molecule has 2 aliphatic rings. The minimum atomic E-state index is -0.266. The molecule has 2 N–H and O–H groups in total.